The van der Waals surface area contributed by atoms with Gasteiger partial charge in [0.2, 0.25) is 0 Å². The zero-order valence-corrected chi connectivity index (χ0v) is 11.9. The van der Waals surface area contributed by atoms with Crippen LogP contribution in [0.2, 0.25) is 10.2 Å². The Morgan fingerprint density at radius 3 is 2.67 bits per heavy atom. The molecule has 1 aromatic carbocycles. The number of nitrogens with zero attached hydrogens (tertiary/aromatic N) is 2. The van der Waals surface area contributed by atoms with Crippen LogP contribution >= 0.6 is 39.1 Å². The van der Waals surface area contributed by atoms with Gasteiger partial charge in [-0.25, -0.2) is 9.37 Å². The van der Waals surface area contributed by atoms with Crippen LogP contribution in [0, 0.1) is 5.82 Å². The van der Waals surface area contributed by atoms with Gasteiger partial charge in [-0.3, -0.25) is 4.98 Å². The van der Waals surface area contributed by atoms with Gasteiger partial charge in [0.1, 0.15) is 23.3 Å². The van der Waals surface area contributed by atoms with E-state index >= 15 is 0 Å². The predicted octanol–water partition coefficient (Wildman–Crippen LogP) is 4.26. The molecule has 0 aliphatic rings. The van der Waals surface area contributed by atoms with E-state index in [1.807, 2.05) is 0 Å². The number of rotatable bonds is 3. The molecule has 0 aliphatic heterocycles. The average Bonchev–Trinajstić information content (AvgIpc) is 2.34. The summed E-state index contributed by atoms with van der Waals surface area (Å²) in [4.78, 5) is 7.87. The Hall–Kier alpha value is -0.910. The van der Waals surface area contributed by atoms with Crippen molar-refractivity contribution >= 4 is 39.1 Å². The van der Waals surface area contributed by atoms with Gasteiger partial charge < -0.3 is 4.74 Å². The molecule has 0 saturated carbocycles. The van der Waals surface area contributed by atoms with Gasteiger partial charge in [-0.2, -0.15) is 0 Å². The van der Waals surface area contributed by atoms with E-state index in [2.05, 4.69) is 25.9 Å². The monoisotopic (exact) mass is 350 g/mol. The molecule has 7 heteroatoms. The van der Waals surface area contributed by atoms with Crippen LogP contribution in [0.3, 0.4) is 0 Å². The fourth-order valence-corrected chi connectivity index (χ4v) is 2.03. The lowest BCUT2D eigenvalue weighted by Gasteiger charge is -2.08. The van der Waals surface area contributed by atoms with Crippen LogP contribution in [-0.4, -0.2) is 9.97 Å². The predicted molar refractivity (Wildman–Crippen MR) is 70.5 cm³/mol. The smallest absolute Gasteiger partial charge is 0.147 e. The maximum Gasteiger partial charge on any atom is 0.147 e. The number of hydrogen-bond acceptors (Lipinski definition) is 3. The van der Waals surface area contributed by atoms with Crippen molar-refractivity contribution in [2.45, 2.75) is 6.61 Å². The Balaban J connectivity index is 2.10. The summed E-state index contributed by atoms with van der Waals surface area (Å²) in [6, 6.07) is 2.63. The molecule has 0 fully saturated rings. The standard InChI is InChI=1S/C11H6BrCl2FN2O/c12-7-1-8(13)9(15)2-10(7)18-5-6-3-17-11(14)4-16-6/h1-4H,5H2. The normalized spacial score (nSPS) is 10.4. The third-order valence-corrected chi connectivity index (χ3v) is 3.13. The number of benzene rings is 1. The van der Waals surface area contributed by atoms with Gasteiger partial charge in [0.25, 0.3) is 0 Å². The van der Waals surface area contributed by atoms with Crippen LogP contribution in [0.4, 0.5) is 4.39 Å². The Morgan fingerprint density at radius 1 is 1.22 bits per heavy atom. The fourth-order valence-electron chi connectivity index (χ4n) is 1.18. The molecule has 1 heterocycles. The summed E-state index contributed by atoms with van der Waals surface area (Å²) in [5.74, 6) is -0.203. The number of halogens is 4. The third kappa shape index (κ3) is 3.31. The molecular weight excluding hydrogens is 346 g/mol. The molecular formula is C11H6BrCl2FN2O. The summed E-state index contributed by atoms with van der Waals surface area (Å²) in [6.07, 6.45) is 2.90. The second-order valence-corrected chi connectivity index (χ2v) is 4.96. The summed E-state index contributed by atoms with van der Waals surface area (Å²) in [5, 5.41) is 0.331. The Morgan fingerprint density at radius 2 is 2.00 bits per heavy atom. The second kappa shape index (κ2) is 5.82. The van der Waals surface area contributed by atoms with Crippen LogP contribution in [0.15, 0.2) is 29.0 Å². The van der Waals surface area contributed by atoms with Crippen molar-refractivity contribution in [3.63, 3.8) is 0 Å². The van der Waals surface area contributed by atoms with Crippen LogP contribution in [0.25, 0.3) is 0 Å². The molecule has 2 rings (SSSR count). The van der Waals surface area contributed by atoms with Crippen molar-refractivity contribution in [2.24, 2.45) is 0 Å². The topological polar surface area (TPSA) is 35.0 Å². The van der Waals surface area contributed by atoms with Crippen LogP contribution < -0.4 is 4.74 Å². The van der Waals surface area contributed by atoms with Crippen LogP contribution in [-0.2, 0) is 6.61 Å². The van der Waals surface area contributed by atoms with Crippen LogP contribution in [0.5, 0.6) is 5.75 Å². The minimum absolute atomic E-state index is 0.0282. The molecule has 0 saturated heterocycles. The first-order valence-electron chi connectivity index (χ1n) is 4.80. The molecule has 18 heavy (non-hydrogen) atoms. The van der Waals surface area contributed by atoms with Crippen molar-refractivity contribution in [2.75, 3.05) is 0 Å². The molecule has 2 aromatic rings. The molecule has 94 valence electrons. The maximum absolute atomic E-state index is 13.3. The highest BCUT2D eigenvalue weighted by Crippen LogP contribution is 2.30. The van der Waals surface area contributed by atoms with E-state index in [9.17, 15) is 4.39 Å². The van der Waals surface area contributed by atoms with Crippen LogP contribution in [0.1, 0.15) is 5.69 Å². The fraction of sp³-hybridized carbons (Fsp3) is 0.0909. The lowest BCUT2D eigenvalue weighted by atomic mass is 10.3. The highest BCUT2D eigenvalue weighted by Gasteiger charge is 2.08. The van der Waals surface area contributed by atoms with E-state index < -0.39 is 5.82 Å². The molecule has 3 nitrogen and oxygen atoms in total. The minimum Gasteiger partial charge on any atom is -0.486 e. The minimum atomic E-state index is -0.544. The van der Waals surface area contributed by atoms with Crippen molar-refractivity contribution in [1.82, 2.24) is 9.97 Å². The van der Waals surface area contributed by atoms with E-state index in [1.165, 1.54) is 24.5 Å². The van der Waals surface area contributed by atoms with Crippen molar-refractivity contribution in [1.29, 1.82) is 0 Å². The van der Waals surface area contributed by atoms with Crippen molar-refractivity contribution in [3.8, 4) is 5.75 Å². The van der Waals surface area contributed by atoms with Crippen molar-refractivity contribution in [3.05, 3.63) is 50.7 Å². The summed E-state index contributed by atoms with van der Waals surface area (Å²) in [6.45, 7) is 0.157. The molecule has 0 unspecified atom stereocenters. The van der Waals surface area contributed by atoms with Gasteiger partial charge in [-0.15, -0.1) is 0 Å². The van der Waals surface area contributed by atoms with Gasteiger partial charge in [-0.1, -0.05) is 23.2 Å². The molecule has 1 aromatic heterocycles. The average molecular weight is 352 g/mol. The second-order valence-electron chi connectivity index (χ2n) is 3.32. The van der Waals surface area contributed by atoms with Gasteiger partial charge in [-0.05, 0) is 22.0 Å². The van der Waals surface area contributed by atoms with E-state index in [-0.39, 0.29) is 11.6 Å². The molecule has 0 N–H and O–H groups in total. The van der Waals surface area contributed by atoms with Gasteiger partial charge in [0.15, 0.2) is 0 Å². The first-order chi connectivity index (χ1) is 8.56. The third-order valence-electron chi connectivity index (χ3n) is 2.02. The molecule has 0 atom stereocenters. The zero-order valence-electron chi connectivity index (χ0n) is 8.83. The largest absolute Gasteiger partial charge is 0.486 e. The van der Waals surface area contributed by atoms with Gasteiger partial charge in [0.05, 0.1) is 27.6 Å². The number of ether oxygens (including phenoxy) is 1. The van der Waals surface area contributed by atoms with E-state index in [1.54, 1.807) is 0 Å². The lowest BCUT2D eigenvalue weighted by Crippen LogP contribution is -2.00. The molecule has 0 bridgehead atoms. The van der Waals surface area contributed by atoms with Gasteiger partial charge in [0, 0.05) is 6.07 Å². The Bertz CT molecular complexity index is 566. The highest BCUT2D eigenvalue weighted by molar-refractivity contribution is 9.10. The maximum atomic E-state index is 13.3. The first kappa shape index (κ1) is 13.5. The van der Waals surface area contributed by atoms with Gasteiger partial charge >= 0.3 is 0 Å². The Kier molecular flexibility index (Phi) is 4.37. The van der Waals surface area contributed by atoms with Crippen molar-refractivity contribution < 1.29 is 9.13 Å². The van der Waals surface area contributed by atoms with E-state index in [0.717, 1.165) is 0 Å². The quantitative estimate of drug-likeness (QED) is 0.775. The Labute approximate surface area is 121 Å². The van der Waals surface area contributed by atoms with E-state index in [4.69, 9.17) is 27.9 Å². The number of hydrogen-bond donors (Lipinski definition) is 0. The summed E-state index contributed by atoms with van der Waals surface area (Å²) < 4.78 is 19.2. The molecule has 0 amide bonds. The zero-order chi connectivity index (χ0) is 13.1. The highest BCUT2D eigenvalue weighted by atomic mass is 79.9. The number of aromatic nitrogens is 2. The molecule has 0 radical (unpaired) electrons. The first-order valence-corrected chi connectivity index (χ1v) is 6.35. The summed E-state index contributed by atoms with van der Waals surface area (Å²) in [7, 11) is 0. The summed E-state index contributed by atoms with van der Waals surface area (Å²) in [5.41, 5.74) is 0.585. The van der Waals surface area contributed by atoms with E-state index in [0.29, 0.717) is 21.1 Å². The molecule has 0 spiro atoms. The lowest BCUT2D eigenvalue weighted by molar-refractivity contribution is 0.297. The summed E-state index contributed by atoms with van der Waals surface area (Å²) >= 11 is 14.5. The SMILES string of the molecule is Fc1cc(OCc2cnc(Cl)cn2)c(Br)cc1Cl. The molecule has 0 aliphatic carbocycles.